The van der Waals surface area contributed by atoms with Crippen LogP contribution in [0.4, 0.5) is 4.39 Å². The molecule has 1 aromatic carbocycles. The zero-order chi connectivity index (χ0) is 12.3. The summed E-state index contributed by atoms with van der Waals surface area (Å²) in [5, 5.41) is 0. The fraction of sp³-hybridized carbons (Fsp3) is 0.462. The summed E-state index contributed by atoms with van der Waals surface area (Å²) >= 11 is 3.32. The first-order valence-electron chi connectivity index (χ1n) is 5.75. The normalized spacial score (nSPS) is 20.2. The molecule has 2 nitrogen and oxygen atoms in total. The average Bonchev–Trinajstić information content (AvgIpc) is 2.35. The molecule has 1 aliphatic rings. The van der Waals surface area contributed by atoms with Crippen LogP contribution in [0.15, 0.2) is 22.7 Å². The van der Waals surface area contributed by atoms with Gasteiger partial charge in [0.25, 0.3) is 0 Å². The first kappa shape index (κ1) is 12.7. The van der Waals surface area contributed by atoms with E-state index in [4.69, 9.17) is 4.74 Å². The van der Waals surface area contributed by atoms with E-state index >= 15 is 0 Å². The Kier molecular flexibility index (Phi) is 4.29. The molecular weight excluding hydrogens is 287 g/mol. The Hall–Kier alpha value is -0.740. The van der Waals surface area contributed by atoms with Crippen LogP contribution in [0, 0.1) is 5.82 Å². The van der Waals surface area contributed by atoms with Gasteiger partial charge in [-0.1, -0.05) is 15.9 Å². The van der Waals surface area contributed by atoms with Crippen molar-refractivity contribution in [3.8, 4) is 0 Å². The van der Waals surface area contributed by atoms with Gasteiger partial charge >= 0.3 is 0 Å². The summed E-state index contributed by atoms with van der Waals surface area (Å²) in [5.41, 5.74) is 0.684. The Labute approximate surface area is 108 Å². The number of halogens is 2. The second kappa shape index (κ2) is 5.74. The predicted octanol–water partition coefficient (Wildman–Crippen LogP) is 3.27. The lowest BCUT2D eigenvalue weighted by Gasteiger charge is -2.21. The second-order valence-electron chi connectivity index (χ2n) is 4.23. The number of ketones is 1. The highest BCUT2D eigenvalue weighted by molar-refractivity contribution is 9.10. The summed E-state index contributed by atoms with van der Waals surface area (Å²) in [6.07, 6.45) is 2.75. The van der Waals surface area contributed by atoms with Gasteiger partial charge in [0.2, 0.25) is 0 Å². The summed E-state index contributed by atoms with van der Waals surface area (Å²) in [4.78, 5) is 12.0. The van der Waals surface area contributed by atoms with Gasteiger partial charge < -0.3 is 4.74 Å². The number of rotatable bonds is 3. The number of carbonyl (C=O) groups is 1. The second-order valence-corrected chi connectivity index (χ2v) is 5.09. The standard InChI is InChI=1S/C13H14BrFO2/c14-11-5-4-10(15)7-9(11)8-12(16)13-3-1-2-6-17-13/h4-5,7,13H,1-3,6,8H2. The zero-order valence-corrected chi connectivity index (χ0v) is 11.0. The van der Waals surface area contributed by atoms with Crippen LogP contribution in [-0.4, -0.2) is 18.5 Å². The first-order valence-corrected chi connectivity index (χ1v) is 6.54. The van der Waals surface area contributed by atoms with Crippen LogP contribution in [0.3, 0.4) is 0 Å². The molecule has 0 spiro atoms. The highest BCUT2D eigenvalue weighted by Gasteiger charge is 2.22. The van der Waals surface area contributed by atoms with E-state index in [1.165, 1.54) is 12.1 Å². The average molecular weight is 301 g/mol. The monoisotopic (exact) mass is 300 g/mol. The van der Waals surface area contributed by atoms with Gasteiger partial charge in [-0.3, -0.25) is 4.79 Å². The molecule has 92 valence electrons. The molecule has 0 bridgehead atoms. The van der Waals surface area contributed by atoms with E-state index in [0.29, 0.717) is 12.2 Å². The molecule has 0 amide bonds. The van der Waals surface area contributed by atoms with Gasteiger partial charge in [-0.25, -0.2) is 4.39 Å². The van der Waals surface area contributed by atoms with Crippen molar-refractivity contribution in [3.63, 3.8) is 0 Å². The van der Waals surface area contributed by atoms with E-state index in [-0.39, 0.29) is 24.1 Å². The minimum Gasteiger partial charge on any atom is -0.370 e. The molecule has 0 N–H and O–H groups in total. The minimum absolute atomic E-state index is 0.0380. The third kappa shape index (κ3) is 3.36. The van der Waals surface area contributed by atoms with Crippen molar-refractivity contribution in [3.05, 3.63) is 34.1 Å². The molecule has 1 unspecified atom stereocenters. The molecule has 0 radical (unpaired) electrons. The maximum absolute atomic E-state index is 13.1. The zero-order valence-electron chi connectivity index (χ0n) is 9.42. The molecule has 1 aliphatic heterocycles. The van der Waals surface area contributed by atoms with E-state index in [1.54, 1.807) is 6.07 Å². The fourth-order valence-corrected chi connectivity index (χ4v) is 2.36. The van der Waals surface area contributed by atoms with Crippen molar-refractivity contribution in [2.24, 2.45) is 0 Å². The summed E-state index contributed by atoms with van der Waals surface area (Å²) in [6, 6.07) is 4.39. The Morgan fingerprint density at radius 3 is 3.00 bits per heavy atom. The van der Waals surface area contributed by atoms with Crippen LogP contribution >= 0.6 is 15.9 Å². The number of hydrogen-bond donors (Lipinski definition) is 0. The maximum Gasteiger partial charge on any atom is 0.165 e. The summed E-state index contributed by atoms with van der Waals surface area (Å²) < 4.78 is 19.3. The van der Waals surface area contributed by atoms with E-state index in [2.05, 4.69) is 15.9 Å². The summed E-state index contributed by atoms with van der Waals surface area (Å²) in [7, 11) is 0. The first-order chi connectivity index (χ1) is 8.16. The maximum atomic E-state index is 13.1. The molecule has 17 heavy (non-hydrogen) atoms. The van der Waals surface area contributed by atoms with Crippen LogP contribution in [0.1, 0.15) is 24.8 Å². The molecule has 1 fully saturated rings. The molecule has 0 aromatic heterocycles. The van der Waals surface area contributed by atoms with E-state index in [1.807, 2.05) is 0 Å². The topological polar surface area (TPSA) is 26.3 Å². The van der Waals surface area contributed by atoms with Crippen LogP contribution in [0.25, 0.3) is 0 Å². The van der Waals surface area contributed by atoms with E-state index in [0.717, 1.165) is 23.7 Å². The molecule has 4 heteroatoms. The van der Waals surface area contributed by atoms with Gasteiger partial charge in [-0.15, -0.1) is 0 Å². The van der Waals surface area contributed by atoms with Crippen LogP contribution < -0.4 is 0 Å². The Balaban J connectivity index is 2.04. The molecular formula is C13H14BrFO2. The molecule has 0 aliphatic carbocycles. The highest BCUT2D eigenvalue weighted by atomic mass is 79.9. The Morgan fingerprint density at radius 1 is 1.47 bits per heavy atom. The smallest absolute Gasteiger partial charge is 0.165 e. The predicted molar refractivity (Wildman–Crippen MR) is 66.4 cm³/mol. The summed E-state index contributed by atoms with van der Waals surface area (Å²) in [5.74, 6) is -0.281. The van der Waals surface area contributed by atoms with Gasteiger partial charge in [0.15, 0.2) is 5.78 Å². The largest absolute Gasteiger partial charge is 0.370 e. The van der Waals surface area contributed by atoms with Gasteiger partial charge in [0, 0.05) is 17.5 Å². The minimum atomic E-state index is -0.319. The van der Waals surface area contributed by atoms with Gasteiger partial charge in [0.05, 0.1) is 0 Å². The number of Topliss-reactive ketones (excluding diaryl/α,β-unsaturated/α-hetero) is 1. The third-order valence-electron chi connectivity index (χ3n) is 2.91. The van der Waals surface area contributed by atoms with E-state index < -0.39 is 0 Å². The van der Waals surface area contributed by atoms with E-state index in [9.17, 15) is 9.18 Å². The number of ether oxygens (including phenoxy) is 1. The molecule has 1 aromatic rings. The highest BCUT2D eigenvalue weighted by Crippen LogP contribution is 2.21. The fourth-order valence-electron chi connectivity index (χ4n) is 1.97. The Morgan fingerprint density at radius 2 is 2.29 bits per heavy atom. The SMILES string of the molecule is O=C(Cc1cc(F)ccc1Br)C1CCCCO1. The van der Waals surface area contributed by atoms with Crippen molar-refractivity contribution < 1.29 is 13.9 Å². The van der Waals surface area contributed by atoms with Gasteiger partial charge in [0.1, 0.15) is 11.9 Å². The molecule has 0 saturated carbocycles. The summed E-state index contributed by atoms with van der Waals surface area (Å²) in [6.45, 7) is 0.653. The molecule has 2 rings (SSSR count). The van der Waals surface area contributed by atoms with Crippen LogP contribution in [0.2, 0.25) is 0 Å². The quantitative estimate of drug-likeness (QED) is 0.856. The van der Waals surface area contributed by atoms with Crippen LogP contribution in [0.5, 0.6) is 0 Å². The molecule has 1 heterocycles. The van der Waals surface area contributed by atoms with Gasteiger partial charge in [-0.05, 0) is 43.0 Å². The van der Waals surface area contributed by atoms with Crippen molar-refractivity contribution in [2.45, 2.75) is 31.8 Å². The molecule has 1 atom stereocenters. The lowest BCUT2D eigenvalue weighted by atomic mass is 10.00. The molecule has 1 saturated heterocycles. The van der Waals surface area contributed by atoms with Crippen LogP contribution in [-0.2, 0) is 16.0 Å². The van der Waals surface area contributed by atoms with Crippen molar-refractivity contribution in [1.29, 1.82) is 0 Å². The van der Waals surface area contributed by atoms with Crippen molar-refractivity contribution in [1.82, 2.24) is 0 Å². The van der Waals surface area contributed by atoms with Gasteiger partial charge in [-0.2, -0.15) is 0 Å². The lowest BCUT2D eigenvalue weighted by Crippen LogP contribution is -2.29. The number of hydrogen-bond acceptors (Lipinski definition) is 2. The Bertz CT molecular complexity index is 414. The van der Waals surface area contributed by atoms with Crippen molar-refractivity contribution >= 4 is 21.7 Å². The third-order valence-corrected chi connectivity index (χ3v) is 3.68. The number of carbonyl (C=O) groups excluding carboxylic acids is 1. The number of benzene rings is 1. The lowest BCUT2D eigenvalue weighted by molar-refractivity contribution is -0.132. The van der Waals surface area contributed by atoms with Crippen molar-refractivity contribution in [2.75, 3.05) is 6.61 Å².